The number of carbonyl (C=O) groups is 2. The first-order valence-corrected chi connectivity index (χ1v) is 10.4. The zero-order valence-electron chi connectivity index (χ0n) is 17.2. The van der Waals surface area contributed by atoms with E-state index in [0.717, 1.165) is 35.6 Å². The molecule has 0 radical (unpaired) electrons. The number of ether oxygens (including phenoxy) is 2. The molecule has 0 atom stereocenters. The number of halogens is 2. The summed E-state index contributed by atoms with van der Waals surface area (Å²) in [6, 6.07) is 8.38. The number of methoxy groups -OCH3 is 1. The third kappa shape index (κ3) is 6.46. The highest BCUT2D eigenvalue weighted by Crippen LogP contribution is 2.18. The van der Waals surface area contributed by atoms with Crippen molar-refractivity contribution in [2.75, 3.05) is 34.4 Å². The smallest absolute Gasteiger partial charge is 0.321 e. The third-order valence-corrected chi connectivity index (χ3v) is 6.11. The first-order valence-electron chi connectivity index (χ1n) is 8.98. The predicted octanol–water partition coefficient (Wildman–Crippen LogP) is 1.80. The van der Waals surface area contributed by atoms with Gasteiger partial charge in [-0.05, 0) is 42.0 Å². The van der Waals surface area contributed by atoms with Crippen LogP contribution in [-0.4, -0.2) is 63.9 Å². The highest BCUT2D eigenvalue weighted by atomic mass is 32.2. The number of amides is 1. The number of likely N-dealkylation sites (N-methyl/N-ethyl adjacent to an activating group) is 2. The number of sulfonamides is 1. The molecule has 8 nitrogen and oxygen atoms in total. The summed E-state index contributed by atoms with van der Waals surface area (Å²) in [7, 11) is -0.0871. The fraction of sp³-hybridized carbons (Fsp3) is 0.300. The summed E-state index contributed by atoms with van der Waals surface area (Å²) < 4.78 is 61.9. The molecule has 0 aliphatic rings. The molecule has 2 aromatic carbocycles. The Morgan fingerprint density at radius 2 is 1.68 bits per heavy atom. The van der Waals surface area contributed by atoms with E-state index in [-0.39, 0.29) is 17.2 Å². The molecule has 1 amide bonds. The van der Waals surface area contributed by atoms with Crippen LogP contribution in [0.5, 0.6) is 5.75 Å². The molecule has 168 valence electrons. The molecule has 0 bridgehead atoms. The number of carbonyl (C=O) groups excluding carboxylic acids is 2. The molecule has 0 heterocycles. The van der Waals surface area contributed by atoms with Crippen molar-refractivity contribution in [2.45, 2.75) is 11.4 Å². The topological polar surface area (TPSA) is 93.2 Å². The summed E-state index contributed by atoms with van der Waals surface area (Å²) >= 11 is 0. The average molecular weight is 456 g/mol. The minimum Gasteiger partial charge on any atom is -0.494 e. The normalized spacial score (nSPS) is 11.3. The van der Waals surface area contributed by atoms with Gasteiger partial charge in [0.1, 0.15) is 12.4 Å². The SMILES string of the molecule is COc1ccc(CN(C)C(=O)COC(=O)CN(C)S(=O)(=O)c2ccc(F)cc2)cc1F. The largest absolute Gasteiger partial charge is 0.494 e. The van der Waals surface area contributed by atoms with Gasteiger partial charge in [-0.3, -0.25) is 9.59 Å². The van der Waals surface area contributed by atoms with Crippen molar-refractivity contribution in [3.05, 3.63) is 59.7 Å². The van der Waals surface area contributed by atoms with Gasteiger partial charge >= 0.3 is 5.97 Å². The molecule has 0 N–H and O–H groups in total. The lowest BCUT2D eigenvalue weighted by Gasteiger charge is -2.19. The van der Waals surface area contributed by atoms with Gasteiger partial charge in [0, 0.05) is 20.6 Å². The number of hydrogen-bond acceptors (Lipinski definition) is 6. The molecule has 31 heavy (non-hydrogen) atoms. The maximum absolute atomic E-state index is 13.7. The lowest BCUT2D eigenvalue weighted by atomic mass is 10.2. The molecule has 0 unspecified atom stereocenters. The van der Waals surface area contributed by atoms with Crippen molar-refractivity contribution >= 4 is 21.9 Å². The second kappa shape index (κ2) is 10.3. The van der Waals surface area contributed by atoms with E-state index in [0.29, 0.717) is 5.56 Å². The summed E-state index contributed by atoms with van der Waals surface area (Å²) in [5.74, 6) is -2.59. The zero-order chi connectivity index (χ0) is 23.2. The van der Waals surface area contributed by atoms with Gasteiger partial charge in [-0.2, -0.15) is 4.31 Å². The summed E-state index contributed by atoms with van der Waals surface area (Å²) in [5, 5.41) is 0. The van der Waals surface area contributed by atoms with Crippen molar-refractivity contribution in [1.29, 1.82) is 0 Å². The monoisotopic (exact) mass is 456 g/mol. The molecule has 2 aromatic rings. The fourth-order valence-corrected chi connectivity index (χ4v) is 3.64. The second-order valence-electron chi connectivity index (χ2n) is 6.59. The van der Waals surface area contributed by atoms with Crippen LogP contribution in [0.15, 0.2) is 47.4 Å². The number of benzene rings is 2. The van der Waals surface area contributed by atoms with E-state index in [4.69, 9.17) is 9.47 Å². The van der Waals surface area contributed by atoms with Crippen molar-refractivity contribution in [2.24, 2.45) is 0 Å². The summed E-state index contributed by atoms with van der Waals surface area (Å²) in [4.78, 5) is 25.2. The molecule has 2 rings (SSSR count). The predicted molar refractivity (Wildman–Crippen MR) is 107 cm³/mol. The Morgan fingerprint density at radius 1 is 1.03 bits per heavy atom. The first kappa shape index (κ1) is 24.2. The maximum atomic E-state index is 13.7. The minimum atomic E-state index is -4.03. The Bertz CT molecular complexity index is 1040. The van der Waals surface area contributed by atoms with Crippen LogP contribution in [0.4, 0.5) is 8.78 Å². The molecule has 0 aliphatic carbocycles. The summed E-state index contributed by atoms with van der Waals surface area (Å²) in [6.07, 6.45) is 0. The van der Waals surface area contributed by atoms with Gasteiger partial charge in [0.2, 0.25) is 10.0 Å². The van der Waals surface area contributed by atoms with Crippen LogP contribution in [0, 0.1) is 11.6 Å². The Kier molecular flexibility index (Phi) is 8.06. The van der Waals surface area contributed by atoms with E-state index in [1.807, 2.05) is 0 Å². The number of rotatable bonds is 9. The van der Waals surface area contributed by atoms with E-state index < -0.39 is 46.7 Å². The average Bonchev–Trinajstić information content (AvgIpc) is 2.72. The van der Waals surface area contributed by atoms with E-state index in [2.05, 4.69) is 0 Å². The maximum Gasteiger partial charge on any atom is 0.321 e. The fourth-order valence-electron chi connectivity index (χ4n) is 2.52. The highest BCUT2D eigenvalue weighted by molar-refractivity contribution is 7.89. The molecular formula is C20H22F2N2O6S. The van der Waals surface area contributed by atoms with Gasteiger partial charge in [-0.1, -0.05) is 6.07 Å². The summed E-state index contributed by atoms with van der Waals surface area (Å²) in [6.45, 7) is -1.19. The van der Waals surface area contributed by atoms with E-state index >= 15 is 0 Å². The molecule has 0 saturated heterocycles. The molecule has 0 aliphatic heterocycles. The lowest BCUT2D eigenvalue weighted by Crippen LogP contribution is -2.35. The van der Waals surface area contributed by atoms with Gasteiger partial charge in [-0.25, -0.2) is 17.2 Å². The van der Waals surface area contributed by atoms with Gasteiger partial charge in [0.15, 0.2) is 18.2 Å². The standard InChI is InChI=1S/C20H22F2N2O6S/c1-23(11-14-4-9-18(29-3)17(22)10-14)19(25)13-30-20(26)12-24(2)31(27,28)16-7-5-15(21)6-8-16/h4-10H,11-13H2,1-3H3. The van der Waals surface area contributed by atoms with Crippen LogP contribution in [-0.2, 0) is 30.9 Å². The van der Waals surface area contributed by atoms with Crippen molar-refractivity contribution in [3.8, 4) is 5.75 Å². The molecule has 11 heteroatoms. The van der Waals surface area contributed by atoms with E-state index in [1.54, 1.807) is 6.07 Å². The quantitative estimate of drug-likeness (QED) is 0.535. The zero-order valence-corrected chi connectivity index (χ0v) is 18.0. The van der Waals surface area contributed by atoms with Gasteiger partial charge in [-0.15, -0.1) is 0 Å². The molecule has 0 fully saturated rings. The van der Waals surface area contributed by atoms with Gasteiger partial charge in [0.25, 0.3) is 5.91 Å². The Hall–Kier alpha value is -3.05. The van der Waals surface area contributed by atoms with Crippen LogP contribution in [0.3, 0.4) is 0 Å². The number of nitrogens with zero attached hydrogens (tertiary/aromatic N) is 2. The van der Waals surface area contributed by atoms with E-state index in [9.17, 15) is 26.8 Å². The van der Waals surface area contributed by atoms with Gasteiger partial charge < -0.3 is 14.4 Å². The molecule has 0 saturated carbocycles. The van der Waals surface area contributed by atoms with Crippen molar-refractivity contribution in [1.82, 2.24) is 9.21 Å². The molecular weight excluding hydrogens is 434 g/mol. The number of hydrogen-bond donors (Lipinski definition) is 0. The van der Waals surface area contributed by atoms with Crippen molar-refractivity contribution < 1.29 is 36.3 Å². The Labute approximate surface area is 179 Å². The third-order valence-electron chi connectivity index (χ3n) is 4.29. The summed E-state index contributed by atoms with van der Waals surface area (Å²) in [5.41, 5.74) is 0.505. The van der Waals surface area contributed by atoms with Crippen LogP contribution in [0.1, 0.15) is 5.56 Å². The van der Waals surface area contributed by atoms with Crippen molar-refractivity contribution in [3.63, 3.8) is 0 Å². The first-order chi connectivity index (χ1) is 14.5. The highest BCUT2D eigenvalue weighted by Gasteiger charge is 2.24. The lowest BCUT2D eigenvalue weighted by molar-refractivity contribution is -0.151. The minimum absolute atomic E-state index is 0.0656. The molecule has 0 spiro atoms. The van der Waals surface area contributed by atoms with E-state index in [1.165, 1.54) is 31.2 Å². The van der Waals surface area contributed by atoms with Crippen LogP contribution in [0.25, 0.3) is 0 Å². The molecule has 0 aromatic heterocycles. The second-order valence-corrected chi connectivity index (χ2v) is 8.64. The van der Waals surface area contributed by atoms with Gasteiger partial charge in [0.05, 0.1) is 12.0 Å². The Morgan fingerprint density at radius 3 is 2.26 bits per heavy atom. The Balaban J connectivity index is 1.87. The van der Waals surface area contributed by atoms with Crippen LogP contribution in [0.2, 0.25) is 0 Å². The van der Waals surface area contributed by atoms with Crippen LogP contribution >= 0.6 is 0 Å². The van der Waals surface area contributed by atoms with Crippen LogP contribution < -0.4 is 4.74 Å². The number of esters is 1.